The molecule has 0 saturated heterocycles. The third-order valence-electron chi connectivity index (χ3n) is 4.02. The number of hydrogen-bond donors (Lipinski definition) is 0. The van der Waals surface area contributed by atoms with Gasteiger partial charge in [0.05, 0.1) is 5.02 Å². The number of carbonyl (C=O) groups excluding carboxylic acids is 1. The number of amides is 1. The van der Waals surface area contributed by atoms with Crippen LogP contribution in [0.2, 0.25) is 5.02 Å². The van der Waals surface area contributed by atoms with Gasteiger partial charge in [0.25, 0.3) is 5.91 Å². The van der Waals surface area contributed by atoms with E-state index >= 15 is 0 Å². The van der Waals surface area contributed by atoms with Crippen molar-refractivity contribution in [3.63, 3.8) is 0 Å². The SMILES string of the molecule is CC1CCC(N(C)C(=O)c2ccc(Br)c(Cl)c2)CC1. The predicted octanol–water partition coefficient (Wildman–Crippen LogP) is 4.75. The fraction of sp³-hybridized carbons (Fsp3) is 0.533. The Morgan fingerprint density at radius 1 is 1.32 bits per heavy atom. The maximum Gasteiger partial charge on any atom is 0.253 e. The van der Waals surface area contributed by atoms with E-state index in [0.29, 0.717) is 16.6 Å². The van der Waals surface area contributed by atoms with Crippen molar-refractivity contribution in [2.45, 2.75) is 38.6 Å². The van der Waals surface area contributed by atoms with Crippen LogP contribution in [0, 0.1) is 5.92 Å². The van der Waals surface area contributed by atoms with Gasteiger partial charge in [0, 0.05) is 23.1 Å². The average molecular weight is 345 g/mol. The second kappa shape index (κ2) is 6.27. The van der Waals surface area contributed by atoms with Crippen molar-refractivity contribution >= 4 is 33.4 Å². The molecule has 1 aliphatic rings. The van der Waals surface area contributed by atoms with Crippen LogP contribution in [0.3, 0.4) is 0 Å². The van der Waals surface area contributed by atoms with Crippen molar-refractivity contribution in [2.24, 2.45) is 5.92 Å². The quantitative estimate of drug-likeness (QED) is 0.758. The molecule has 0 bridgehead atoms. The zero-order valence-electron chi connectivity index (χ0n) is 11.3. The fourth-order valence-corrected chi connectivity index (χ4v) is 3.06. The molecule has 2 nitrogen and oxygen atoms in total. The smallest absolute Gasteiger partial charge is 0.253 e. The Morgan fingerprint density at radius 3 is 2.53 bits per heavy atom. The molecule has 1 aliphatic carbocycles. The normalized spacial score (nSPS) is 23.2. The summed E-state index contributed by atoms with van der Waals surface area (Å²) in [5.74, 6) is 0.857. The maximum absolute atomic E-state index is 12.4. The minimum absolute atomic E-state index is 0.0638. The molecule has 0 atom stereocenters. The molecule has 19 heavy (non-hydrogen) atoms. The highest BCUT2D eigenvalue weighted by Gasteiger charge is 2.25. The van der Waals surface area contributed by atoms with Crippen LogP contribution in [0.5, 0.6) is 0 Å². The van der Waals surface area contributed by atoms with Crippen molar-refractivity contribution < 1.29 is 4.79 Å². The van der Waals surface area contributed by atoms with E-state index in [-0.39, 0.29) is 5.91 Å². The molecule has 104 valence electrons. The lowest BCUT2D eigenvalue weighted by Crippen LogP contribution is -2.39. The maximum atomic E-state index is 12.4. The molecule has 1 fully saturated rings. The van der Waals surface area contributed by atoms with Gasteiger partial charge in [0.1, 0.15) is 0 Å². The van der Waals surface area contributed by atoms with Crippen LogP contribution in [0.1, 0.15) is 43.0 Å². The summed E-state index contributed by atoms with van der Waals surface area (Å²) in [4.78, 5) is 14.3. The second-order valence-electron chi connectivity index (χ2n) is 5.46. The molecule has 1 saturated carbocycles. The first-order chi connectivity index (χ1) is 8.99. The number of carbonyl (C=O) groups is 1. The molecule has 0 radical (unpaired) electrons. The Bertz CT molecular complexity index is 469. The molecule has 0 spiro atoms. The lowest BCUT2D eigenvalue weighted by Gasteiger charge is -2.33. The third-order valence-corrected chi connectivity index (χ3v) is 5.25. The minimum atomic E-state index is 0.0638. The zero-order valence-corrected chi connectivity index (χ0v) is 13.7. The summed E-state index contributed by atoms with van der Waals surface area (Å²) in [6.07, 6.45) is 4.63. The van der Waals surface area contributed by atoms with Crippen LogP contribution in [0.15, 0.2) is 22.7 Å². The van der Waals surface area contributed by atoms with Crippen LogP contribution in [0.4, 0.5) is 0 Å². The fourth-order valence-electron chi connectivity index (χ4n) is 2.63. The predicted molar refractivity (Wildman–Crippen MR) is 82.7 cm³/mol. The molecule has 4 heteroatoms. The molecule has 1 aromatic rings. The van der Waals surface area contributed by atoms with Gasteiger partial charge < -0.3 is 4.90 Å². The van der Waals surface area contributed by atoms with E-state index in [1.165, 1.54) is 12.8 Å². The number of hydrogen-bond acceptors (Lipinski definition) is 1. The summed E-state index contributed by atoms with van der Waals surface area (Å²) in [5.41, 5.74) is 0.661. The largest absolute Gasteiger partial charge is 0.339 e. The van der Waals surface area contributed by atoms with Gasteiger partial charge in [0.15, 0.2) is 0 Å². The zero-order chi connectivity index (χ0) is 14.0. The molecule has 0 unspecified atom stereocenters. The van der Waals surface area contributed by atoms with Gasteiger partial charge in [-0.3, -0.25) is 4.79 Å². The van der Waals surface area contributed by atoms with E-state index in [9.17, 15) is 4.79 Å². The van der Waals surface area contributed by atoms with Gasteiger partial charge in [-0.1, -0.05) is 18.5 Å². The highest BCUT2D eigenvalue weighted by molar-refractivity contribution is 9.10. The van der Waals surface area contributed by atoms with E-state index in [4.69, 9.17) is 11.6 Å². The summed E-state index contributed by atoms with van der Waals surface area (Å²) < 4.78 is 0.819. The summed E-state index contributed by atoms with van der Waals surface area (Å²) >= 11 is 9.39. The van der Waals surface area contributed by atoms with Crippen LogP contribution in [-0.4, -0.2) is 23.9 Å². The van der Waals surface area contributed by atoms with Crippen molar-refractivity contribution in [1.29, 1.82) is 0 Å². The molecule has 1 amide bonds. The highest BCUT2D eigenvalue weighted by atomic mass is 79.9. The minimum Gasteiger partial charge on any atom is -0.339 e. The summed E-state index contributed by atoms with van der Waals surface area (Å²) in [6.45, 7) is 2.28. The van der Waals surface area contributed by atoms with Crippen LogP contribution < -0.4 is 0 Å². The van der Waals surface area contributed by atoms with Gasteiger partial charge in [-0.25, -0.2) is 0 Å². The van der Waals surface area contributed by atoms with Gasteiger partial charge >= 0.3 is 0 Å². The number of benzene rings is 1. The monoisotopic (exact) mass is 343 g/mol. The summed E-state index contributed by atoms with van der Waals surface area (Å²) in [5, 5.41) is 0.580. The number of rotatable bonds is 2. The topological polar surface area (TPSA) is 20.3 Å². The van der Waals surface area contributed by atoms with Gasteiger partial charge in [-0.2, -0.15) is 0 Å². The van der Waals surface area contributed by atoms with Crippen LogP contribution >= 0.6 is 27.5 Å². The first-order valence-corrected chi connectivity index (χ1v) is 7.88. The molecular weight excluding hydrogens is 326 g/mol. The van der Waals surface area contributed by atoms with Gasteiger partial charge in [-0.15, -0.1) is 0 Å². The summed E-state index contributed by atoms with van der Waals surface area (Å²) in [7, 11) is 1.90. The summed E-state index contributed by atoms with van der Waals surface area (Å²) in [6, 6.07) is 5.74. The molecule has 0 N–H and O–H groups in total. The van der Waals surface area contributed by atoms with Crippen LogP contribution in [0.25, 0.3) is 0 Å². The van der Waals surface area contributed by atoms with E-state index in [2.05, 4.69) is 22.9 Å². The Balaban J connectivity index is 2.08. The molecular formula is C15H19BrClNO. The molecule has 2 rings (SSSR count). The molecule has 0 aromatic heterocycles. The highest BCUT2D eigenvalue weighted by Crippen LogP contribution is 2.28. The standard InChI is InChI=1S/C15H19BrClNO/c1-10-3-6-12(7-4-10)18(2)15(19)11-5-8-13(16)14(17)9-11/h5,8-10,12H,3-4,6-7H2,1-2H3. The Hall–Kier alpha value is -0.540. The van der Waals surface area contributed by atoms with Crippen LogP contribution in [-0.2, 0) is 0 Å². The lowest BCUT2D eigenvalue weighted by molar-refractivity contribution is 0.0679. The Morgan fingerprint density at radius 2 is 1.95 bits per heavy atom. The molecule has 1 aromatic carbocycles. The van der Waals surface area contributed by atoms with E-state index in [1.54, 1.807) is 6.07 Å². The first-order valence-electron chi connectivity index (χ1n) is 6.71. The first kappa shape index (κ1) is 14.9. The van der Waals surface area contributed by atoms with Crippen molar-refractivity contribution in [3.05, 3.63) is 33.3 Å². The van der Waals surface area contributed by atoms with Crippen molar-refractivity contribution in [3.8, 4) is 0 Å². The van der Waals surface area contributed by atoms with Gasteiger partial charge in [0.2, 0.25) is 0 Å². The van der Waals surface area contributed by atoms with E-state index < -0.39 is 0 Å². The van der Waals surface area contributed by atoms with Gasteiger partial charge in [-0.05, 0) is 65.7 Å². The second-order valence-corrected chi connectivity index (χ2v) is 6.72. The lowest BCUT2D eigenvalue weighted by atomic mass is 9.86. The third kappa shape index (κ3) is 3.51. The van der Waals surface area contributed by atoms with E-state index in [1.807, 2.05) is 24.1 Å². The van der Waals surface area contributed by atoms with Crippen molar-refractivity contribution in [1.82, 2.24) is 4.90 Å². The Labute approximate surface area is 128 Å². The molecule has 0 aliphatic heterocycles. The number of halogens is 2. The Kier molecular flexibility index (Phi) is 4.91. The van der Waals surface area contributed by atoms with E-state index in [0.717, 1.165) is 23.2 Å². The van der Waals surface area contributed by atoms with Crippen molar-refractivity contribution in [2.75, 3.05) is 7.05 Å². The number of nitrogens with zero attached hydrogens (tertiary/aromatic N) is 1. The average Bonchev–Trinajstić information content (AvgIpc) is 2.41. The molecule has 0 heterocycles.